The van der Waals surface area contributed by atoms with E-state index in [0.29, 0.717) is 12.1 Å². The molecule has 1 aromatic rings. The van der Waals surface area contributed by atoms with Crippen LogP contribution >= 0.6 is 0 Å². The van der Waals surface area contributed by atoms with E-state index in [0.717, 1.165) is 32.1 Å². The van der Waals surface area contributed by atoms with Crippen molar-refractivity contribution in [1.29, 1.82) is 0 Å². The number of amides is 1. The Morgan fingerprint density at radius 1 is 1.22 bits per heavy atom. The topological polar surface area (TPSA) is 46.2 Å². The predicted molar refractivity (Wildman–Crippen MR) is 70.7 cm³/mol. The quantitative estimate of drug-likeness (QED) is 0.491. The molecule has 1 N–H and O–H groups in total. The fourth-order valence-corrected chi connectivity index (χ4v) is 2.30. The third-order valence-electron chi connectivity index (χ3n) is 3.38. The molecule has 0 aliphatic heterocycles. The van der Waals surface area contributed by atoms with Crippen molar-refractivity contribution in [2.75, 3.05) is 6.54 Å². The molecular formula is C15H19NO2. The van der Waals surface area contributed by atoms with Crippen molar-refractivity contribution < 1.29 is 9.59 Å². The van der Waals surface area contributed by atoms with Crippen LogP contribution < -0.4 is 5.32 Å². The molecule has 1 aromatic carbocycles. The molecule has 0 atom stereocenters. The van der Waals surface area contributed by atoms with Crippen molar-refractivity contribution in [2.24, 2.45) is 0 Å². The van der Waals surface area contributed by atoms with E-state index in [4.69, 9.17) is 0 Å². The molecule has 0 unspecified atom stereocenters. The predicted octanol–water partition coefficient (Wildman–Crippen LogP) is 2.27. The van der Waals surface area contributed by atoms with Crippen molar-refractivity contribution in [3.8, 4) is 0 Å². The summed E-state index contributed by atoms with van der Waals surface area (Å²) in [6.07, 6.45) is 5.17. The minimum atomic E-state index is -0.485. The summed E-state index contributed by atoms with van der Waals surface area (Å²) in [5, 5.41) is 2.66. The molecule has 3 heteroatoms. The summed E-state index contributed by atoms with van der Waals surface area (Å²) in [6, 6.07) is 5.63. The molecule has 2 rings (SSSR count). The second-order valence-corrected chi connectivity index (χ2v) is 4.78. The number of aryl methyl sites for hydroxylation is 2. The molecule has 96 valence electrons. The van der Waals surface area contributed by atoms with Crippen LogP contribution in [0.3, 0.4) is 0 Å². The van der Waals surface area contributed by atoms with Crippen molar-refractivity contribution in [3.05, 3.63) is 34.9 Å². The summed E-state index contributed by atoms with van der Waals surface area (Å²) in [4.78, 5) is 23.6. The van der Waals surface area contributed by atoms with Crippen LogP contribution in [0.25, 0.3) is 0 Å². The first-order chi connectivity index (χ1) is 8.72. The Hall–Kier alpha value is -1.64. The highest BCUT2D eigenvalue weighted by Gasteiger charge is 2.18. The monoisotopic (exact) mass is 245 g/mol. The zero-order chi connectivity index (χ0) is 13.0. The summed E-state index contributed by atoms with van der Waals surface area (Å²) < 4.78 is 0. The van der Waals surface area contributed by atoms with Gasteiger partial charge in [-0.3, -0.25) is 9.59 Å². The van der Waals surface area contributed by atoms with Crippen molar-refractivity contribution in [3.63, 3.8) is 0 Å². The first-order valence-electron chi connectivity index (χ1n) is 6.66. The van der Waals surface area contributed by atoms with E-state index < -0.39 is 11.7 Å². The molecule has 0 radical (unpaired) electrons. The van der Waals surface area contributed by atoms with Gasteiger partial charge in [0.1, 0.15) is 0 Å². The van der Waals surface area contributed by atoms with Gasteiger partial charge >= 0.3 is 0 Å². The number of fused-ring (bicyclic) bond motifs is 1. The first kappa shape index (κ1) is 12.8. The normalized spacial score (nSPS) is 13.2. The Labute approximate surface area is 108 Å². The zero-order valence-electron chi connectivity index (χ0n) is 10.8. The van der Waals surface area contributed by atoms with Gasteiger partial charge in [0.2, 0.25) is 5.78 Å². The third-order valence-corrected chi connectivity index (χ3v) is 3.38. The molecule has 0 heterocycles. The minimum Gasteiger partial charge on any atom is -0.349 e. The van der Waals surface area contributed by atoms with Gasteiger partial charge in [-0.2, -0.15) is 0 Å². The third kappa shape index (κ3) is 2.78. The summed E-state index contributed by atoms with van der Waals surface area (Å²) in [6.45, 7) is 2.63. The van der Waals surface area contributed by atoms with Crippen molar-refractivity contribution >= 4 is 11.7 Å². The number of carbonyl (C=O) groups excluding carboxylic acids is 2. The molecule has 18 heavy (non-hydrogen) atoms. The van der Waals surface area contributed by atoms with E-state index in [2.05, 4.69) is 12.2 Å². The number of carbonyl (C=O) groups is 2. The number of nitrogens with one attached hydrogen (secondary N) is 1. The van der Waals surface area contributed by atoms with Crippen molar-refractivity contribution in [2.45, 2.75) is 39.0 Å². The number of unbranched alkanes of at least 4 members (excludes halogenated alkanes) is 1. The lowest BCUT2D eigenvalue weighted by molar-refractivity contribution is -0.117. The van der Waals surface area contributed by atoms with Crippen LogP contribution in [-0.4, -0.2) is 18.2 Å². The van der Waals surface area contributed by atoms with Gasteiger partial charge in [0.15, 0.2) is 0 Å². The van der Waals surface area contributed by atoms with E-state index in [-0.39, 0.29) is 0 Å². The molecular weight excluding hydrogens is 226 g/mol. The smallest absolute Gasteiger partial charge is 0.292 e. The number of ketones is 1. The maximum absolute atomic E-state index is 11.9. The summed E-state index contributed by atoms with van der Waals surface area (Å²) >= 11 is 0. The van der Waals surface area contributed by atoms with Gasteiger partial charge in [0.05, 0.1) is 0 Å². The summed E-state index contributed by atoms with van der Waals surface area (Å²) in [5.41, 5.74) is 3.06. The Balaban J connectivity index is 2.02. The molecule has 0 bridgehead atoms. The highest BCUT2D eigenvalue weighted by molar-refractivity contribution is 6.42. The van der Waals surface area contributed by atoms with Gasteiger partial charge in [-0.25, -0.2) is 0 Å². The van der Waals surface area contributed by atoms with E-state index >= 15 is 0 Å². The first-order valence-corrected chi connectivity index (χ1v) is 6.66. The van der Waals surface area contributed by atoms with Crippen LogP contribution in [0, 0.1) is 0 Å². The summed E-state index contributed by atoms with van der Waals surface area (Å²) in [5.74, 6) is -0.901. The van der Waals surface area contributed by atoms with Gasteiger partial charge in [0.25, 0.3) is 5.91 Å². The van der Waals surface area contributed by atoms with Crippen LogP contribution in [-0.2, 0) is 17.6 Å². The maximum Gasteiger partial charge on any atom is 0.292 e. The minimum absolute atomic E-state index is 0.416. The van der Waals surface area contributed by atoms with Crippen LogP contribution in [0.1, 0.15) is 47.7 Å². The number of hydrogen-bond acceptors (Lipinski definition) is 2. The van der Waals surface area contributed by atoms with E-state index in [1.54, 1.807) is 6.07 Å². The number of rotatable bonds is 5. The fraction of sp³-hybridized carbons (Fsp3) is 0.467. The van der Waals surface area contributed by atoms with Crippen molar-refractivity contribution in [1.82, 2.24) is 5.32 Å². The second kappa shape index (κ2) is 5.80. The fourth-order valence-electron chi connectivity index (χ4n) is 2.30. The SMILES string of the molecule is CCCCNC(=O)C(=O)c1ccc2c(c1)CCC2. The summed E-state index contributed by atoms with van der Waals surface area (Å²) in [7, 11) is 0. The lowest BCUT2D eigenvalue weighted by Crippen LogP contribution is -2.31. The Kier molecular flexibility index (Phi) is 4.13. The highest BCUT2D eigenvalue weighted by atomic mass is 16.2. The lowest BCUT2D eigenvalue weighted by Gasteiger charge is -2.05. The Morgan fingerprint density at radius 2 is 2.00 bits per heavy atom. The molecule has 0 saturated heterocycles. The van der Waals surface area contributed by atoms with Gasteiger partial charge in [-0.15, -0.1) is 0 Å². The molecule has 1 amide bonds. The number of hydrogen-bond donors (Lipinski definition) is 1. The van der Waals surface area contributed by atoms with Gasteiger partial charge in [-0.1, -0.05) is 25.5 Å². The molecule has 0 saturated carbocycles. The van der Waals surface area contributed by atoms with E-state index in [9.17, 15) is 9.59 Å². The Bertz CT molecular complexity index is 466. The molecule has 1 aliphatic rings. The van der Waals surface area contributed by atoms with Gasteiger partial charge < -0.3 is 5.32 Å². The second-order valence-electron chi connectivity index (χ2n) is 4.78. The van der Waals surface area contributed by atoms with Crippen LogP contribution in [0.15, 0.2) is 18.2 Å². The molecule has 0 fully saturated rings. The van der Waals surface area contributed by atoms with Crippen LogP contribution in [0.5, 0.6) is 0 Å². The van der Waals surface area contributed by atoms with E-state index in [1.807, 2.05) is 12.1 Å². The average molecular weight is 245 g/mol. The van der Waals surface area contributed by atoms with Crippen LogP contribution in [0.4, 0.5) is 0 Å². The highest BCUT2D eigenvalue weighted by Crippen LogP contribution is 2.22. The molecule has 0 spiro atoms. The van der Waals surface area contributed by atoms with E-state index in [1.165, 1.54) is 11.1 Å². The zero-order valence-corrected chi connectivity index (χ0v) is 10.8. The maximum atomic E-state index is 11.9. The van der Waals surface area contributed by atoms with Gasteiger partial charge in [-0.05, 0) is 42.9 Å². The molecule has 3 nitrogen and oxygen atoms in total. The lowest BCUT2D eigenvalue weighted by atomic mass is 10.0. The Morgan fingerprint density at radius 3 is 2.78 bits per heavy atom. The average Bonchev–Trinajstić information content (AvgIpc) is 2.85. The van der Waals surface area contributed by atoms with Crippen LogP contribution in [0.2, 0.25) is 0 Å². The number of Topliss-reactive ketones (excluding diaryl/α,β-unsaturated/α-hetero) is 1. The van der Waals surface area contributed by atoms with Gasteiger partial charge in [0, 0.05) is 12.1 Å². The molecule has 1 aliphatic carbocycles. The molecule has 0 aromatic heterocycles. The largest absolute Gasteiger partial charge is 0.349 e. The standard InChI is InChI=1S/C15H19NO2/c1-2-3-9-16-15(18)14(17)13-8-7-11-5-4-6-12(11)10-13/h7-8,10H,2-6,9H2,1H3,(H,16,18). The number of benzene rings is 1.